The molecule has 4 rings (SSSR count). The maximum atomic E-state index is 11.8. The molecular weight excluding hydrogens is 391 g/mol. The van der Waals surface area contributed by atoms with Gasteiger partial charge in [-0.05, 0) is 36.8 Å². The predicted octanol–water partition coefficient (Wildman–Crippen LogP) is 5.04. The number of halogens is 2. The summed E-state index contributed by atoms with van der Waals surface area (Å²) in [6, 6.07) is 11.9. The van der Waals surface area contributed by atoms with Crippen LogP contribution in [0.1, 0.15) is 11.1 Å². The molecule has 2 aromatic heterocycles. The summed E-state index contributed by atoms with van der Waals surface area (Å²) >= 11 is 12.3. The number of benzene rings is 2. The second-order valence-corrected chi connectivity index (χ2v) is 6.66. The van der Waals surface area contributed by atoms with Crippen molar-refractivity contribution < 1.29 is 13.7 Å². The van der Waals surface area contributed by atoms with Crippen molar-refractivity contribution in [2.45, 2.75) is 13.5 Å². The van der Waals surface area contributed by atoms with Crippen LogP contribution >= 0.6 is 23.2 Å². The van der Waals surface area contributed by atoms with E-state index in [2.05, 4.69) is 10.1 Å². The van der Waals surface area contributed by atoms with Crippen LogP contribution < -0.4 is 10.4 Å². The van der Waals surface area contributed by atoms with E-state index in [4.69, 9.17) is 36.9 Å². The number of aromatic nitrogens is 2. The first-order valence-corrected chi connectivity index (χ1v) is 8.71. The van der Waals surface area contributed by atoms with E-state index in [0.717, 1.165) is 5.56 Å². The minimum Gasteiger partial charge on any atom is -0.444 e. The third kappa shape index (κ3) is 3.54. The van der Waals surface area contributed by atoms with Crippen LogP contribution in [0.2, 0.25) is 10.0 Å². The minimum absolute atomic E-state index is 0.0334. The highest BCUT2D eigenvalue weighted by atomic mass is 35.5. The molecule has 0 spiro atoms. The summed E-state index contributed by atoms with van der Waals surface area (Å²) in [5, 5.41) is 5.61. The quantitative estimate of drug-likeness (QED) is 0.445. The first kappa shape index (κ1) is 17.6. The maximum Gasteiger partial charge on any atom is 0.417 e. The van der Waals surface area contributed by atoms with E-state index >= 15 is 0 Å². The Hall–Kier alpha value is -2.83. The van der Waals surface area contributed by atoms with E-state index in [0.29, 0.717) is 38.0 Å². The summed E-state index contributed by atoms with van der Waals surface area (Å²) in [5.74, 6) is 0.312. The molecule has 6 nitrogen and oxygen atoms in total. The second kappa shape index (κ2) is 7.06. The topological polar surface area (TPSA) is 78.4 Å². The van der Waals surface area contributed by atoms with Crippen LogP contribution in [-0.2, 0) is 6.61 Å². The molecule has 0 fully saturated rings. The summed E-state index contributed by atoms with van der Waals surface area (Å²) < 4.78 is 15.9. The van der Waals surface area contributed by atoms with Crippen LogP contribution in [0.25, 0.3) is 22.4 Å². The molecule has 0 radical (unpaired) electrons. The van der Waals surface area contributed by atoms with Crippen LogP contribution in [0.4, 0.5) is 0 Å². The van der Waals surface area contributed by atoms with E-state index in [-0.39, 0.29) is 12.7 Å². The van der Waals surface area contributed by atoms with Crippen molar-refractivity contribution in [3.63, 3.8) is 0 Å². The molecule has 0 unspecified atom stereocenters. The first-order valence-electron chi connectivity index (χ1n) is 7.95. The standard InChI is InChI=1S/C19H12Cl2N2O4/c1-10-6-16-13(8-15(10)21)11(7-17(24)26-16)9-25-19-22-18(23-27-19)12-4-2-3-5-14(12)20/h2-8H,9H2,1H3. The number of rotatable bonds is 4. The molecule has 27 heavy (non-hydrogen) atoms. The fourth-order valence-corrected chi connectivity index (χ4v) is 3.01. The van der Waals surface area contributed by atoms with Crippen molar-refractivity contribution in [1.82, 2.24) is 10.1 Å². The summed E-state index contributed by atoms with van der Waals surface area (Å²) in [6.45, 7) is 1.87. The number of aryl methyl sites for hydroxylation is 1. The highest BCUT2D eigenvalue weighted by molar-refractivity contribution is 6.33. The molecule has 8 heteroatoms. The van der Waals surface area contributed by atoms with Gasteiger partial charge in [0, 0.05) is 27.6 Å². The van der Waals surface area contributed by atoms with Crippen molar-refractivity contribution in [2.75, 3.05) is 0 Å². The van der Waals surface area contributed by atoms with Crippen LogP contribution in [0.15, 0.2) is 56.2 Å². The monoisotopic (exact) mass is 402 g/mol. The number of nitrogens with zero attached hydrogens (tertiary/aromatic N) is 2. The van der Waals surface area contributed by atoms with E-state index in [9.17, 15) is 4.79 Å². The highest BCUT2D eigenvalue weighted by Gasteiger charge is 2.14. The van der Waals surface area contributed by atoms with Gasteiger partial charge in [0.15, 0.2) is 0 Å². The Morgan fingerprint density at radius 2 is 1.93 bits per heavy atom. The molecule has 0 saturated heterocycles. The Balaban J connectivity index is 1.62. The fraction of sp³-hybridized carbons (Fsp3) is 0.105. The molecule has 2 heterocycles. The molecule has 0 bridgehead atoms. The molecule has 0 saturated carbocycles. The van der Waals surface area contributed by atoms with Gasteiger partial charge in [-0.15, -0.1) is 0 Å². The van der Waals surface area contributed by atoms with Crippen molar-refractivity contribution in [2.24, 2.45) is 0 Å². The largest absolute Gasteiger partial charge is 0.444 e. The molecule has 0 N–H and O–H groups in total. The van der Waals surface area contributed by atoms with Crippen LogP contribution in [0.5, 0.6) is 6.08 Å². The average molecular weight is 403 g/mol. The van der Waals surface area contributed by atoms with Gasteiger partial charge in [-0.3, -0.25) is 4.52 Å². The van der Waals surface area contributed by atoms with Crippen molar-refractivity contribution in [3.8, 4) is 17.5 Å². The van der Waals surface area contributed by atoms with Crippen molar-refractivity contribution in [3.05, 3.63) is 74.1 Å². The lowest BCUT2D eigenvalue weighted by Gasteiger charge is -2.07. The predicted molar refractivity (Wildman–Crippen MR) is 101 cm³/mol. The average Bonchev–Trinajstić information content (AvgIpc) is 3.10. The van der Waals surface area contributed by atoms with Gasteiger partial charge in [0.05, 0.1) is 5.02 Å². The first-order chi connectivity index (χ1) is 13.0. The van der Waals surface area contributed by atoms with Gasteiger partial charge in [0.25, 0.3) is 0 Å². The van der Waals surface area contributed by atoms with Gasteiger partial charge in [-0.25, -0.2) is 4.79 Å². The third-order valence-corrected chi connectivity index (χ3v) is 4.72. The molecule has 0 aliphatic rings. The molecule has 0 aliphatic heterocycles. The molecular formula is C19H12Cl2N2O4. The van der Waals surface area contributed by atoms with Crippen molar-refractivity contribution in [1.29, 1.82) is 0 Å². The summed E-state index contributed by atoms with van der Waals surface area (Å²) in [5.41, 5.74) is 1.99. The lowest BCUT2D eigenvalue weighted by Crippen LogP contribution is -2.04. The third-order valence-electron chi connectivity index (χ3n) is 3.98. The molecule has 0 aliphatic carbocycles. The van der Waals surface area contributed by atoms with Gasteiger partial charge in [-0.2, -0.15) is 4.98 Å². The van der Waals surface area contributed by atoms with Gasteiger partial charge < -0.3 is 9.15 Å². The van der Waals surface area contributed by atoms with E-state index < -0.39 is 5.63 Å². The second-order valence-electron chi connectivity index (χ2n) is 5.84. The van der Waals surface area contributed by atoms with Gasteiger partial charge in [0.1, 0.15) is 12.2 Å². The lowest BCUT2D eigenvalue weighted by atomic mass is 10.1. The molecule has 4 aromatic rings. The minimum atomic E-state index is -0.481. The molecule has 136 valence electrons. The zero-order valence-corrected chi connectivity index (χ0v) is 15.5. The zero-order valence-electron chi connectivity index (χ0n) is 14.0. The molecule has 0 atom stereocenters. The zero-order chi connectivity index (χ0) is 19.0. The number of hydrogen-bond acceptors (Lipinski definition) is 6. The summed E-state index contributed by atoms with van der Waals surface area (Å²) in [6.07, 6.45) is -0.0375. The highest BCUT2D eigenvalue weighted by Crippen LogP contribution is 2.28. The SMILES string of the molecule is Cc1cc2oc(=O)cc(COc3nc(-c4ccccc4Cl)no3)c2cc1Cl. The fourth-order valence-electron chi connectivity index (χ4n) is 2.63. The summed E-state index contributed by atoms with van der Waals surface area (Å²) in [4.78, 5) is 16.0. The molecule has 2 aromatic carbocycles. The van der Waals surface area contributed by atoms with Crippen LogP contribution in [0.3, 0.4) is 0 Å². The van der Waals surface area contributed by atoms with Crippen LogP contribution in [-0.4, -0.2) is 10.1 Å². The van der Waals surface area contributed by atoms with E-state index in [1.54, 1.807) is 24.3 Å². The van der Waals surface area contributed by atoms with Gasteiger partial charge >= 0.3 is 11.7 Å². The van der Waals surface area contributed by atoms with E-state index in [1.807, 2.05) is 19.1 Å². The van der Waals surface area contributed by atoms with Gasteiger partial charge in [-0.1, -0.05) is 40.5 Å². The number of hydrogen-bond donors (Lipinski definition) is 0. The number of ether oxygens (including phenoxy) is 1. The molecule has 0 amide bonds. The van der Waals surface area contributed by atoms with Crippen LogP contribution in [0, 0.1) is 6.92 Å². The smallest absolute Gasteiger partial charge is 0.417 e. The Labute approximate surface area is 163 Å². The number of fused-ring (bicyclic) bond motifs is 1. The van der Waals surface area contributed by atoms with E-state index in [1.165, 1.54) is 6.07 Å². The summed E-state index contributed by atoms with van der Waals surface area (Å²) in [7, 11) is 0. The Morgan fingerprint density at radius 3 is 2.74 bits per heavy atom. The van der Waals surface area contributed by atoms with Crippen molar-refractivity contribution >= 4 is 34.2 Å². The lowest BCUT2D eigenvalue weighted by molar-refractivity contribution is 0.195. The Kier molecular flexibility index (Phi) is 4.59. The maximum absolute atomic E-state index is 11.8. The Bertz CT molecular complexity index is 1200. The Morgan fingerprint density at radius 1 is 1.11 bits per heavy atom. The van der Waals surface area contributed by atoms with Gasteiger partial charge in [0.2, 0.25) is 5.82 Å². The normalized spacial score (nSPS) is 11.1.